The predicted molar refractivity (Wildman–Crippen MR) is 108 cm³/mol. The largest absolute Gasteiger partial charge is 0.339 e. The molecule has 2 amide bonds. The van der Waals surface area contributed by atoms with Crippen molar-refractivity contribution >= 4 is 29.2 Å². The summed E-state index contributed by atoms with van der Waals surface area (Å²) >= 11 is 1.60. The third kappa shape index (κ3) is 4.17. The van der Waals surface area contributed by atoms with Gasteiger partial charge in [0.2, 0.25) is 11.8 Å². The zero-order valence-electron chi connectivity index (χ0n) is 15.6. The minimum atomic E-state index is -0.277. The summed E-state index contributed by atoms with van der Waals surface area (Å²) in [6.45, 7) is 2.49. The first-order chi connectivity index (χ1) is 13.5. The van der Waals surface area contributed by atoms with Crippen LogP contribution < -0.4 is 0 Å². The van der Waals surface area contributed by atoms with E-state index in [0.29, 0.717) is 32.6 Å². The van der Waals surface area contributed by atoms with Crippen LogP contribution in [-0.2, 0) is 16.1 Å². The lowest BCUT2D eigenvalue weighted by Gasteiger charge is -2.38. The lowest BCUT2D eigenvalue weighted by molar-refractivity contribution is -0.128. The molecule has 2 aliphatic heterocycles. The molecule has 3 heterocycles. The lowest BCUT2D eigenvalue weighted by atomic mass is 9.77. The van der Waals surface area contributed by atoms with Gasteiger partial charge in [-0.15, -0.1) is 11.3 Å². The van der Waals surface area contributed by atoms with Crippen LogP contribution in [0.3, 0.4) is 0 Å². The van der Waals surface area contributed by atoms with Gasteiger partial charge in [0, 0.05) is 49.0 Å². The maximum atomic E-state index is 13.4. The number of halogens is 1. The minimum absolute atomic E-state index is 0.0317. The summed E-state index contributed by atoms with van der Waals surface area (Å²) < 4.78 is 13.4. The number of benzene rings is 1. The highest BCUT2D eigenvalue weighted by atomic mass is 32.1. The fourth-order valence-electron chi connectivity index (χ4n) is 4.16. The Labute approximate surface area is 168 Å². The molecule has 2 aliphatic rings. The van der Waals surface area contributed by atoms with E-state index in [0.717, 1.165) is 23.3 Å². The van der Waals surface area contributed by atoms with Gasteiger partial charge >= 0.3 is 0 Å². The van der Waals surface area contributed by atoms with Crippen LogP contribution in [0.2, 0.25) is 0 Å². The molecule has 0 aliphatic carbocycles. The van der Waals surface area contributed by atoms with E-state index in [1.54, 1.807) is 23.5 Å². The summed E-state index contributed by atoms with van der Waals surface area (Å²) in [5, 5.41) is 1.99. The lowest BCUT2D eigenvalue weighted by Crippen LogP contribution is -2.43. The third-order valence-electron chi connectivity index (χ3n) is 5.74. The van der Waals surface area contributed by atoms with Crippen LogP contribution in [0.25, 0.3) is 6.08 Å². The third-order valence-corrected chi connectivity index (χ3v) is 6.57. The number of hydrogen-bond acceptors (Lipinski definition) is 3. The number of nitrogens with zero attached hydrogens (tertiary/aromatic N) is 2. The smallest absolute Gasteiger partial charge is 0.246 e. The Morgan fingerprint density at radius 3 is 2.75 bits per heavy atom. The second kappa shape index (κ2) is 7.87. The Hall–Kier alpha value is -2.47. The number of amides is 2. The summed E-state index contributed by atoms with van der Waals surface area (Å²) in [6.07, 6.45) is 5.68. The Morgan fingerprint density at radius 1 is 1.21 bits per heavy atom. The van der Waals surface area contributed by atoms with Gasteiger partial charge < -0.3 is 9.80 Å². The number of carbonyl (C=O) groups excluding carboxylic acids is 2. The molecule has 0 N–H and O–H groups in total. The van der Waals surface area contributed by atoms with Crippen molar-refractivity contribution in [3.63, 3.8) is 0 Å². The molecule has 6 heteroatoms. The van der Waals surface area contributed by atoms with E-state index in [4.69, 9.17) is 0 Å². The minimum Gasteiger partial charge on any atom is -0.339 e. The van der Waals surface area contributed by atoms with Gasteiger partial charge in [-0.1, -0.05) is 18.2 Å². The van der Waals surface area contributed by atoms with Gasteiger partial charge in [0.15, 0.2) is 0 Å². The van der Waals surface area contributed by atoms with E-state index in [2.05, 4.69) is 0 Å². The first-order valence-electron chi connectivity index (χ1n) is 9.56. The number of piperidine rings is 1. The molecule has 0 radical (unpaired) electrons. The van der Waals surface area contributed by atoms with Gasteiger partial charge in [0.25, 0.3) is 0 Å². The van der Waals surface area contributed by atoms with Gasteiger partial charge in [-0.05, 0) is 48.1 Å². The van der Waals surface area contributed by atoms with Crippen LogP contribution in [-0.4, -0.2) is 41.2 Å². The Kier molecular flexibility index (Phi) is 5.31. The van der Waals surface area contributed by atoms with E-state index < -0.39 is 0 Å². The number of thiophene rings is 1. The standard InChI is InChI=1S/C22H23FN2O2S/c23-18-4-1-3-17(13-18)15-25-16-22(14-21(25)27)8-10-24(11-9-22)20(26)7-6-19-5-2-12-28-19/h1-7,12-13H,8-11,14-16H2/b7-6+. The average Bonchev–Trinajstić information content (AvgIpc) is 3.29. The van der Waals surface area contributed by atoms with Crippen LogP contribution in [0, 0.1) is 11.2 Å². The van der Waals surface area contributed by atoms with E-state index >= 15 is 0 Å². The Bertz CT molecular complexity index is 886. The maximum absolute atomic E-state index is 13.4. The van der Waals surface area contributed by atoms with Crippen molar-refractivity contribution in [3.05, 3.63) is 64.1 Å². The topological polar surface area (TPSA) is 40.6 Å². The quantitative estimate of drug-likeness (QED) is 0.732. The van der Waals surface area contributed by atoms with E-state index in [1.165, 1.54) is 12.1 Å². The highest BCUT2D eigenvalue weighted by molar-refractivity contribution is 7.10. The zero-order chi connectivity index (χ0) is 19.6. The summed E-state index contributed by atoms with van der Waals surface area (Å²) in [5.74, 6) is -0.118. The van der Waals surface area contributed by atoms with Crippen molar-refractivity contribution < 1.29 is 14.0 Å². The van der Waals surface area contributed by atoms with Gasteiger partial charge in [-0.3, -0.25) is 9.59 Å². The fraction of sp³-hybridized carbons (Fsp3) is 0.364. The van der Waals surface area contributed by atoms with E-state index in [-0.39, 0.29) is 23.0 Å². The molecule has 2 saturated heterocycles. The van der Waals surface area contributed by atoms with Crippen molar-refractivity contribution in [1.82, 2.24) is 9.80 Å². The number of likely N-dealkylation sites (tertiary alicyclic amines) is 2. The van der Waals surface area contributed by atoms with Gasteiger partial charge in [-0.2, -0.15) is 0 Å². The molecule has 2 fully saturated rings. The summed E-state index contributed by atoms with van der Waals surface area (Å²) in [7, 11) is 0. The molecule has 0 atom stereocenters. The van der Waals surface area contributed by atoms with Crippen molar-refractivity contribution in [2.24, 2.45) is 5.41 Å². The molecule has 1 spiro atoms. The average molecular weight is 399 g/mol. The van der Waals surface area contributed by atoms with Crippen molar-refractivity contribution in [1.29, 1.82) is 0 Å². The number of rotatable bonds is 4. The molecule has 4 rings (SSSR count). The molecular formula is C22H23FN2O2S. The highest BCUT2D eigenvalue weighted by Crippen LogP contribution is 2.41. The predicted octanol–water partition coefficient (Wildman–Crippen LogP) is 3.94. The monoisotopic (exact) mass is 398 g/mol. The molecule has 28 heavy (non-hydrogen) atoms. The molecule has 1 aromatic heterocycles. The molecule has 2 aromatic rings. The van der Waals surface area contributed by atoms with Crippen LogP contribution in [0.5, 0.6) is 0 Å². The molecule has 0 unspecified atom stereocenters. The van der Waals surface area contributed by atoms with Gasteiger partial charge in [0.05, 0.1) is 0 Å². The zero-order valence-corrected chi connectivity index (χ0v) is 16.5. The van der Waals surface area contributed by atoms with Crippen molar-refractivity contribution in [2.75, 3.05) is 19.6 Å². The Balaban J connectivity index is 1.33. The maximum Gasteiger partial charge on any atom is 0.246 e. The summed E-state index contributed by atoms with van der Waals surface area (Å²) in [5.41, 5.74) is 0.760. The van der Waals surface area contributed by atoms with Crippen LogP contribution in [0.1, 0.15) is 29.7 Å². The Morgan fingerprint density at radius 2 is 2.04 bits per heavy atom. The first kappa shape index (κ1) is 18.9. The molecule has 0 bridgehead atoms. The highest BCUT2D eigenvalue weighted by Gasteiger charge is 2.45. The van der Waals surface area contributed by atoms with E-state index in [9.17, 15) is 14.0 Å². The molecule has 146 valence electrons. The van der Waals surface area contributed by atoms with E-state index in [1.807, 2.05) is 39.5 Å². The van der Waals surface area contributed by atoms with Crippen molar-refractivity contribution in [3.8, 4) is 0 Å². The van der Waals surface area contributed by atoms with Gasteiger partial charge in [0.1, 0.15) is 5.82 Å². The second-order valence-electron chi connectivity index (χ2n) is 7.73. The van der Waals surface area contributed by atoms with Crippen LogP contribution >= 0.6 is 11.3 Å². The number of hydrogen-bond donors (Lipinski definition) is 0. The van der Waals surface area contributed by atoms with Crippen LogP contribution in [0.15, 0.2) is 47.9 Å². The summed E-state index contributed by atoms with van der Waals surface area (Å²) in [6, 6.07) is 10.4. The van der Waals surface area contributed by atoms with Crippen molar-refractivity contribution in [2.45, 2.75) is 25.8 Å². The van der Waals surface area contributed by atoms with Crippen LogP contribution in [0.4, 0.5) is 4.39 Å². The normalized spacial score (nSPS) is 19.1. The number of carbonyl (C=O) groups is 2. The fourth-order valence-corrected chi connectivity index (χ4v) is 4.78. The molecule has 4 nitrogen and oxygen atoms in total. The molecule has 1 aromatic carbocycles. The second-order valence-corrected chi connectivity index (χ2v) is 8.71. The van der Waals surface area contributed by atoms with Gasteiger partial charge in [-0.25, -0.2) is 4.39 Å². The first-order valence-corrected chi connectivity index (χ1v) is 10.4. The molecule has 0 saturated carbocycles. The molecular weight excluding hydrogens is 375 g/mol. The summed E-state index contributed by atoms with van der Waals surface area (Å²) in [4.78, 5) is 29.7. The SMILES string of the molecule is O=C(/C=C/c1cccs1)N1CCC2(CC1)CC(=O)N(Cc1cccc(F)c1)C2.